The summed E-state index contributed by atoms with van der Waals surface area (Å²) in [7, 11) is 0. The second-order valence-electron chi connectivity index (χ2n) is 6.21. The molecule has 2 aliphatic heterocycles. The molecular weight excluding hydrogens is 398 g/mol. The van der Waals surface area contributed by atoms with Gasteiger partial charge in [-0.3, -0.25) is 4.79 Å². The minimum Gasteiger partial charge on any atom is -0.383 e. The molecule has 0 radical (unpaired) electrons. The fourth-order valence-corrected chi connectivity index (χ4v) is 4.37. The van der Waals surface area contributed by atoms with E-state index in [9.17, 15) is 9.18 Å². The Hall–Kier alpha value is -1.83. The molecule has 0 saturated carbocycles. The van der Waals surface area contributed by atoms with Gasteiger partial charge in [0.25, 0.3) is 5.91 Å². The third-order valence-corrected chi connectivity index (χ3v) is 5.85. The summed E-state index contributed by atoms with van der Waals surface area (Å²) in [4.78, 5) is 19.5. The van der Waals surface area contributed by atoms with Crippen LogP contribution in [0.25, 0.3) is 0 Å². The second-order valence-corrected chi connectivity index (χ2v) is 7.93. The van der Waals surface area contributed by atoms with Gasteiger partial charge in [0.05, 0.1) is 14.8 Å². The average molecular weight is 415 g/mol. The molecule has 138 valence electrons. The molecule has 1 saturated heterocycles. The predicted octanol–water partition coefficient (Wildman–Crippen LogP) is 3.73. The van der Waals surface area contributed by atoms with Gasteiger partial charge in [-0.15, -0.1) is 23.7 Å². The Morgan fingerprint density at radius 1 is 1.31 bits per heavy atom. The van der Waals surface area contributed by atoms with E-state index in [0.717, 1.165) is 0 Å². The Labute approximate surface area is 165 Å². The summed E-state index contributed by atoms with van der Waals surface area (Å²) in [6.45, 7) is 1.09. The number of carbonyl (C=O) groups excluding carboxylic acids is 1. The number of rotatable bonds is 1. The van der Waals surface area contributed by atoms with E-state index < -0.39 is 5.66 Å². The maximum absolute atomic E-state index is 14.0. The highest BCUT2D eigenvalue weighted by molar-refractivity contribution is 7.17. The summed E-state index contributed by atoms with van der Waals surface area (Å²) in [5, 5.41) is 3.32. The first kappa shape index (κ1) is 18.9. The lowest BCUT2D eigenvalue weighted by Gasteiger charge is -2.42. The van der Waals surface area contributed by atoms with Crippen molar-refractivity contribution in [3.8, 4) is 0 Å². The number of hydrogen-bond acceptors (Lipinski definition) is 5. The van der Waals surface area contributed by atoms with Crippen LogP contribution >= 0.6 is 35.3 Å². The second kappa shape index (κ2) is 7.06. The van der Waals surface area contributed by atoms with E-state index in [1.54, 1.807) is 29.2 Å². The van der Waals surface area contributed by atoms with Gasteiger partial charge in [-0.05, 0) is 24.3 Å². The first-order valence-electron chi connectivity index (χ1n) is 7.94. The van der Waals surface area contributed by atoms with Crippen LogP contribution in [0.15, 0.2) is 35.3 Å². The highest BCUT2D eigenvalue weighted by Gasteiger charge is 2.39. The number of amidine groups is 1. The molecule has 26 heavy (non-hydrogen) atoms. The number of hydrogen-bond donors (Lipinski definition) is 2. The van der Waals surface area contributed by atoms with Crippen LogP contribution in [0.2, 0.25) is 4.34 Å². The largest absolute Gasteiger partial charge is 0.383 e. The Morgan fingerprint density at radius 3 is 2.69 bits per heavy atom. The van der Waals surface area contributed by atoms with E-state index in [4.69, 9.17) is 17.3 Å². The first-order valence-corrected chi connectivity index (χ1v) is 9.14. The predicted molar refractivity (Wildman–Crippen MR) is 105 cm³/mol. The van der Waals surface area contributed by atoms with Crippen molar-refractivity contribution in [2.45, 2.75) is 18.5 Å². The smallest absolute Gasteiger partial charge is 0.263 e. The molecule has 1 amide bonds. The number of carbonyl (C=O) groups is 1. The zero-order chi connectivity index (χ0) is 17.6. The monoisotopic (exact) mass is 414 g/mol. The van der Waals surface area contributed by atoms with E-state index in [-0.39, 0.29) is 30.0 Å². The van der Waals surface area contributed by atoms with Crippen LogP contribution < -0.4 is 11.1 Å². The molecule has 5 nitrogen and oxygen atoms in total. The van der Waals surface area contributed by atoms with Crippen LogP contribution in [0.5, 0.6) is 0 Å². The number of thiophene rings is 1. The number of nitrogens with one attached hydrogen (secondary N) is 1. The fraction of sp³-hybridized carbons (Fsp3) is 0.294. The summed E-state index contributed by atoms with van der Waals surface area (Å²) in [5.74, 6) is -0.203. The zero-order valence-electron chi connectivity index (χ0n) is 13.7. The molecule has 1 fully saturated rings. The van der Waals surface area contributed by atoms with Crippen molar-refractivity contribution >= 4 is 52.8 Å². The van der Waals surface area contributed by atoms with Gasteiger partial charge in [-0.25, -0.2) is 9.38 Å². The molecule has 1 spiro atoms. The van der Waals surface area contributed by atoms with E-state index in [1.165, 1.54) is 17.4 Å². The maximum atomic E-state index is 14.0. The standard InChI is InChI=1S/C17H16ClFN4OS.ClH/c18-13-5-4-12(25-13)16(24)23-8-6-17(7-9-23)21-11-3-1-2-10(19)14(11)15(20)22-17;/h1-5,21H,6-9H2,(H2,20,22);1H. The first-order chi connectivity index (χ1) is 12.0. The number of benzene rings is 1. The molecule has 3 heterocycles. The van der Waals surface area contributed by atoms with Gasteiger partial charge in [-0.1, -0.05) is 17.7 Å². The van der Waals surface area contributed by atoms with Crippen molar-refractivity contribution < 1.29 is 9.18 Å². The molecule has 0 atom stereocenters. The summed E-state index contributed by atoms with van der Waals surface area (Å²) in [6.07, 6.45) is 1.21. The summed E-state index contributed by atoms with van der Waals surface area (Å²) in [5.41, 5.74) is 6.40. The van der Waals surface area contributed by atoms with Crippen molar-refractivity contribution in [3.05, 3.63) is 50.9 Å². The molecule has 0 bridgehead atoms. The highest BCUT2D eigenvalue weighted by Crippen LogP contribution is 2.35. The normalized spacial score (nSPS) is 17.8. The number of likely N-dealkylation sites (tertiary alicyclic amines) is 1. The van der Waals surface area contributed by atoms with E-state index >= 15 is 0 Å². The lowest BCUT2D eigenvalue weighted by Crippen LogP contribution is -2.52. The molecular formula is C17H17Cl2FN4OS. The van der Waals surface area contributed by atoms with Crippen molar-refractivity contribution in [3.63, 3.8) is 0 Å². The van der Waals surface area contributed by atoms with Gasteiger partial charge in [0.15, 0.2) is 0 Å². The zero-order valence-corrected chi connectivity index (χ0v) is 16.1. The summed E-state index contributed by atoms with van der Waals surface area (Å²) >= 11 is 7.19. The van der Waals surface area contributed by atoms with Gasteiger partial charge in [0, 0.05) is 31.6 Å². The molecule has 4 rings (SSSR count). The third kappa shape index (κ3) is 3.26. The number of nitrogens with two attached hydrogens (primary N) is 1. The molecule has 9 heteroatoms. The number of anilines is 1. The van der Waals surface area contributed by atoms with Gasteiger partial charge in [-0.2, -0.15) is 0 Å². The van der Waals surface area contributed by atoms with E-state index in [0.29, 0.717) is 46.4 Å². The van der Waals surface area contributed by atoms with Gasteiger partial charge >= 0.3 is 0 Å². The quantitative estimate of drug-likeness (QED) is 0.746. The van der Waals surface area contributed by atoms with Gasteiger partial charge < -0.3 is 16.0 Å². The van der Waals surface area contributed by atoms with Crippen LogP contribution in [0.1, 0.15) is 28.1 Å². The van der Waals surface area contributed by atoms with Crippen LogP contribution in [0, 0.1) is 5.82 Å². The van der Waals surface area contributed by atoms with E-state index in [2.05, 4.69) is 10.3 Å². The summed E-state index contributed by atoms with van der Waals surface area (Å²) < 4.78 is 14.6. The minimum atomic E-state index is -0.589. The molecule has 2 aromatic rings. The molecule has 0 aliphatic carbocycles. The number of fused-ring (bicyclic) bond motifs is 1. The fourth-order valence-electron chi connectivity index (χ4n) is 3.36. The molecule has 2 aliphatic rings. The van der Waals surface area contributed by atoms with Crippen molar-refractivity contribution in [1.29, 1.82) is 0 Å². The van der Waals surface area contributed by atoms with Crippen LogP contribution in [-0.2, 0) is 0 Å². The van der Waals surface area contributed by atoms with Crippen LogP contribution in [-0.4, -0.2) is 35.4 Å². The van der Waals surface area contributed by atoms with E-state index in [1.807, 2.05) is 0 Å². The molecule has 3 N–H and O–H groups in total. The lowest BCUT2D eigenvalue weighted by molar-refractivity contribution is 0.0690. The van der Waals surface area contributed by atoms with Crippen molar-refractivity contribution in [2.75, 3.05) is 18.4 Å². The topological polar surface area (TPSA) is 70.7 Å². The molecule has 1 aromatic carbocycles. The Morgan fingerprint density at radius 2 is 2.04 bits per heavy atom. The van der Waals surface area contributed by atoms with Crippen LogP contribution in [0.4, 0.5) is 10.1 Å². The minimum absolute atomic E-state index is 0. The lowest BCUT2D eigenvalue weighted by atomic mass is 9.93. The highest BCUT2D eigenvalue weighted by atomic mass is 35.5. The molecule has 0 unspecified atom stereocenters. The number of nitrogens with zero attached hydrogens (tertiary/aromatic N) is 2. The number of amides is 1. The number of aliphatic imine (C=N–C) groups is 1. The number of piperidine rings is 1. The third-order valence-electron chi connectivity index (χ3n) is 4.63. The van der Waals surface area contributed by atoms with Gasteiger partial charge in [0.1, 0.15) is 17.3 Å². The maximum Gasteiger partial charge on any atom is 0.263 e. The molecule has 1 aromatic heterocycles. The average Bonchev–Trinajstić information content (AvgIpc) is 3.01. The SMILES string of the molecule is Cl.NC1=NC2(CCN(C(=O)c3ccc(Cl)s3)CC2)Nc2cccc(F)c21. The Kier molecular flexibility index (Phi) is 5.14. The van der Waals surface area contributed by atoms with Crippen LogP contribution in [0.3, 0.4) is 0 Å². The van der Waals surface area contributed by atoms with Gasteiger partial charge in [0.2, 0.25) is 0 Å². The Bertz CT molecular complexity index is 877. The summed E-state index contributed by atoms with van der Waals surface area (Å²) in [6, 6.07) is 8.28. The Balaban J connectivity index is 0.00000196. The number of halogens is 3. The van der Waals surface area contributed by atoms with Crippen molar-refractivity contribution in [1.82, 2.24) is 4.90 Å². The van der Waals surface area contributed by atoms with Crippen molar-refractivity contribution in [2.24, 2.45) is 10.7 Å².